The molecule has 0 spiro atoms. The molecule has 0 aliphatic heterocycles. The first kappa shape index (κ1) is 12.3. The van der Waals surface area contributed by atoms with Crippen LogP contribution in [0.1, 0.15) is 35.8 Å². The second-order valence-corrected chi connectivity index (χ2v) is 4.97. The Bertz CT molecular complexity index is 530. The molecular weight excluding hydrogens is 238 g/mol. The lowest BCUT2D eigenvalue weighted by Gasteiger charge is -2.22. The Hall–Kier alpha value is -1.74. The molecule has 0 radical (unpaired) electrons. The van der Waals surface area contributed by atoms with Gasteiger partial charge in [-0.2, -0.15) is 0 Å². The van der Waals surface area contributed by atoms with E-state index in [1.165, 1.54) is 24.0 Å². The first-order chi connectivity index (χ1) is 9.36. The largest absolute Gasteiger partial charge is 0.497 e. The molecule has 1 aromatic carbocycles. The summed E-state index contributed by atoms with van der Waals surface area (Å²) < 4.78 is 10.7. The van der Waals surface area contributed by atoms with Crippen LogP contribution in [0, 0.1) is 0 Å². The number of benzene rings is 1. The number of rotatable bonds is 4. The van der Waals surface area contributed by atoms with Crippen LogP contribution in [-0.2, 0) is 13.0 Å². The summed E-state index contributed by atoms with van der Waals surface area (Å²) in [6, 6.07) is 10.7. The van der Waals surface area contributed by atoms with E-state index < -0.39 is 0 Å². The summed E-state index contributed by atoms with van der Waals surface area (Å²) in [6.45, 7) is 0.874. The molecule has 100 valence electrons. The van der Waals surface area contributed by atoms with Crippen molar-refractivity contribution in [2.45, 2.75) is 31.8 Å². The van der Waals surface area contributed by atoms with Gasteiger partial charge in [-0.25, -0.2) is 0 Å². The number of fused-ring (bicyclic) bond motifs is 1. The van der Waals surface area contributed by atoms with Gasteiger partial charge in [-0.05, 0) is 36.6 Å². The molecule has 2 aromatic rings. The Labute approximate surface area is 113 Å². The molecule has 19 heavy (non-hydrogen) atoms. The summed E-state index contributed by atoms with van der Waals surface area (Å²) in [6.07, 6.45) is 5.25. The van der Waals surface area contributed by atoms with Gasteiger partial charge in [0.25, 0.3) is 0 Å². The fraction of sp³-hybridized carbons (Fsp3) is 0.375. The molecule has 1 heterocycles. The third kappa shape index (κ3) is 2.66. The van der Waals surface area contributed by atoms with Crippen LogP contribution < -0.4 is 10.1 Å². The topological polar surface area (TPSA) is 34.4 Å². The van der Waals surface area contributed by atoms with Gasteiger partial charge in [-0.15, -0.1) is 0 Å². The van der Waals surface area contributed by atoms with Gasteiger partial charge in [0.15, 0.2) is 0 Å². The zero-order valence-corrected chi connectivity index (χ0v) is 11.2. The SMILES string of the molecule is COc1ccc(CNC2CCCc3occc32)cc1. The zero-order chi connectivity index (χ0) is 13.1. The highest BCUT2D eigenvalue weighted by Gasteiger charge is 2.21. The van der Waals surface area contributed by atoms with Crippen molar-refractivity contribution in [2.75, 3.05) is 7.11 Å². The molecule has 0 saturated heterocycles. The number of nitrogens with one attached hydrogen (secondary N) is 1. The molecule has 1 aliphatic carbocycles. The minimum Gasteiger partial charge on any atom is -0.497 e. The summed E-state index contributed by atoms with van der Waals surface area (Å²) >= 11 is 0. The first-order valence-corrected chi connectivity index (χ1v) is 6.79. The maximum Gasteiger partial charge on any atom is 0.118 e. The maximum atomic E-state index is 5.51. The molecule has 0 fully saturated rings. The summed E-state index contributed by atoms with van der Waals surface area (Å²) in [4.78, 5) is 0. The second-order valence-electron chi connectivity index (χ2n) is 4.97. The van der Waals surface area contributed by atoms with Gasteiger partial charge in [-0.1, -0.05) is 12.1 Å². The van der Waals surface area contributed by atoms with Crippen LogP contribution in [0.3, 0.4) is 0 Å². The number of aryl methyl sites for hydroxylation is 1. The third-order valence-corrected chi connectivity index (χ3v) is 3.76. The number of methoxy groups -OCH3 is 1. The average molecular weight is 257 g/mol. The molecule has 1 aromatic heterocycles. The van der Waals surface area contributed by atoms with Gasteiger partial charge in [-0.3, -0.25) is 0 Å². The second kappa shape index (κ2) is 5.49. The molecule has 3 rings (SSSR count). The van der Waals surface area contributed by atoms with E-state index in [4.69, 9.17) is 9.15 Å². The lowest BCUT2D eigenvalue weighted by atomic mass is 9.93. The average Bonchev–Trinajstić information content (AvgIpc) is 2.94. The lowest BCUT2D eigenvalue weighted by Crippen LogP contribution is -2.23. The van der Waals surface area contributed by atoms with Crippen LogP contribution in [-0.4, -0.2) is 7.11 Å². The van der Waals surface area contributed by atoms with Crippen molar-refractivity contribution in [2.24, 2.45) is 0 Å². The van der Waals surface area contributed by atoms with Gasteiger partial charge in [0.05, 0.1) is 13.4 Å². The smallest absolute Gasteiger partial charge is 0.118 e. The van der Waals surface area contributed by atoms with Crippen molar-refractivity contribution in [3.8, 4) is 5.75 Å². The van der Waals surface area contributed by atoms with Crippen molar-refractivity contribution >= 4 is 0 Å². The Morgan fingerprint density at radius 3 is 2.89 bits per heavy atom. The standard InChI is InChI=1S/C16H19NO2/c1-18-13-7-5-12(6-8-13)11-17-15-3-2-4-16-14(15)9-10-19-16/h5-10,15,17H,2-4,11H2,1H3. The van der Waals surface area contributed by atoms with Crippen LogP contribution >= 0.6 is 0 Å². The number of hydrogen-bond acceptors (Lipinski definition) is 3. The molecule has 0 saturated carbocycles. The highest BCUT2D eigenvalue weighted by Crippen LogP contribution is 2.30. The van der Waals surface area contributed by atoms with E-state index in [1.807, 2.05) is 12.1 Å². The molecule has 3 nitrogen and oxygen atoms in total. The minimum atomic E-state index is 0.421. The predicted molar refractivity (Wildman–Crippen MR) is 74.2 cm³/mol. The summed E-state index contributed by atoms with van der Waals surface area (Å²) in [5, 5.41) is 3.62. The Morgan fingerprint density at radius 1 is 1.26 bits per heavy atom. The van der Waals surface area contributed by atoms with Crippen molar-refractivity contribution in [1.82, 2.24) is 5.32 Å². The van der Waals surface area contributed by atoms with E-state index >= 15 is 0 Å². The molecular formula is C16H19NO2. The molecule has 0 bridgehead atoms. The van der Waals surface area contributed by atoms with Gasteiger partial charge in [0, 0.05) is 24.6 Å². The number of ether oxygens (including phenoxy) is 1. The van der Waals surface area contributed by atoms with Gasteiger partial charge < -0.3 is 14.5 Å². The zero-order valence-electron chi connectivity index (χ0n) is 11.2. The summed E-state index contributed by atoms with van der Waals surface area (Å²) in [5.41, 5.74) is 2.61. The molecule has 1 atom stereocenters. The minimum absolute atomic E-state index is 0.421. The number of hydrogen-bond donors (Lipinski definition) is 1. The highest BCUT2D eigenvalue weighted by atomic mass is 16.5. The monoisotopic (exact) mass is 257 g/mol. The van der Waals surface area contributed by atoms with E-state index in [-0.39, 0.29) is 0 Å². The van der Waals surface area contributed by atoms with Crippen LogP contribution in [0.4, 0.5) is 0 Å². The third-order valence-electron chi connectivity index (χ3n) is 3.76. The molecule has 0 amide bonds. The van der Waals surface area contributed by atoms with E-state index in [9.17, 15) is 0 Å². The molecule has 3 heteroatoms. The van der Waals surface area contributed by atoms with E-state index in [0.29, 0.717) is 6.04 Å². The van der Waals surface area contributed by atoms with Crippen molar-refractivity contribution in [3.63, 3.8) is 0 Å². The molecule has 1 N–H and O–H groups in total. The van der Waals surface area contributed by atoms with E-state index in [1.54, 1.807) is 13.4 Å². The van der Waals surface area contributed by atoms with Crippen molar-refractivity contribution in [1.29, 1.82) is 0 Å². The van der Waals surface area contributed by atoms with Crippen molar-refractivity contribution < 1.29 is 9.15 Å². The first-order valence-electron chi connectivity index (χ1n) is 6.79. The van der Waals surface area contributed by atoms with Gasteiger partial charge in [0.2, 0.25) is 0 Å². The summed E-state index contributed by atoms with van der Waals surface area (Å²) in [7, 11) is 1.69. The van der Waals surface area contributed by atoms with E-state index in [2.05, 4.69) is 23.5 Å². The Balaban J connectivity index is 1.64. The van der Waals surface area contributed by atoms with Gasteiger partial charge >= 0.3 is 0 Å². The quantitative estimate of drug-likeness (QED) is 0.911. The lowest BCUT2D eigenvalue weighted by molar-refractivity contribution is 0.409. The van der Waals surface area contributed by atoms with E-state index in [0.717, 1.165) is 24.5 Å². The van der Waals surface area contributed by atoms with Crippen LogP contribution in [0.5, 0.6) is 5.75 Å². The highest BCUT2D eigenvalue weighted by molar-refractivity contribution is 5.28. The fourth-order valence-corrected chi connectivity index (χ4v) is 2.68. The normalized spacial score (nSPS) is 18.1. The van der Waals surface area contributed by atoms with Crippen LogP contribution in [0.25, 0.3) is 0 Å². The van der Waals surface area contributed by atoms with Gasteiger partial charge in [0.1, 0.15) is 11.5 Å². The molecule has 1 aliphatic rings. The Morgan fingerprint density at radius 2 is 2.11 bits per heavy atom. The predicted octanol–water partition coefficient (Wildman–Crippen LogP) is 3.46. The fourth-order valence-electron chi connectivity index (χ4n) is 2.68. The summed E-state index contributed by atoms with van der Waals surface area (Å²) in [5.74, 6) is 2.05. The number of furan rings is 1. The van der Waals surface area contributed by atoms with Crippen molar-refractivity contribution in [3.05, 3.63) is 53.5 Å². The van der Waals surface area contributed by atoms with Crippen LogP contribution in [0.2, 0.25) is 0 Å². The molecule has 1 unspecified atom stereocenters. The maximum absolute atomic E-state index is 5.51. The van der Waals surface area contributed by atoms with Crippen LogP contribution in [0.15, 0.2) is 41.0 Å². The Kier molecular flexibility index (Phi) is 3.56.